The van der Waals surface area contributed by atoms with E-state index in [1.54, 1.807) is 25.3 Å². The molecule has 1 aliphatic heterocycles. The molecule has 0 radical (unpaired) electrons. The Morgan fingerprint density at radius 3 is 2.76 bits per heavy atom. The number of hydrogen-bond donors (Lipinski definition) is 1. The normalized spacial score (nSPS) is 27.9. The number of methoxy groups -OCH3 is 2. The molecular formula is C20H23NO4. The zero-order valence-corrected chi connectivity index (χ0v) is 14.8. The predicted molar refractivity (Wildman–Crippen MR) is 94.5 cm³/mol. The van der Waals surface area contributed by atoms with Crippen LogP contribution in [0, 0.1) is 0 Å². The summed E-state index contributed by atoms with van der Waals surface area (Å²) in [6.45, 7) is 0.937. The van der Waals surface area contributed by atoms with E-state index in [0.717, 1.165) is 42.5 Å². The van der Waals surface area contributed by atoms with Gasteiger partial charge in [-0.2, -0.15) is 0 Å². The fraction of sp³-hybridized carbons (Fsp3) is 0.450. The highest BCUT2D eigenvalue weighted by Gasteiger charge is 2.49. The van der Waals surface area contributed by atoms with Crippen LogP contribution in [-0.2, 0) is 16.6 Å². The number of carbonyl (C=O) groups is 1. The van der Waals surface area contributed by atoms with Crippen LogP contribution in [0.5, 0.6) is 17.2 Å². The first-order valence-corrected chi connectivity index (χ1v) is 8.64. The van der Waals surface area contributed by atoms with Crippen molar-refractivity contribution < 1.29 is 19.4 Å². The van der Waals surface area contributed by atoms with Crippen molar-refractivity contribution >= 4 is 5.78 Å². The Balaban J connectivity index is 2.06. The Bertz CT molecular complexity index is 810. The molecule has 1 saturated heterocycles. The van der Waals surface area contributed by atoms with Gasteiger partial charge in [0.1, 0.15) is 0 Å². The van der Waals surface area contributed by atoms with Gasteiger partial charge in [0, 0.05) is 17.0 Å². The second-order valence-corrected chi connectivity index (χ2v) is 7.09. The van der Waals surface area contributed by atoms with Gasteiger partial charge in [-0.3, -0.25) is 9.69 Å². The smallest absolute Gasteiger partial charge is 0.203 e. The molecule has 5 heteroatoms. The van der Waals surface area contributed by atoms with Gasteiger partial charge in [-0.25, -0.2) is 0 Å². The first-order valence-electron chi connectivity index (χ1n) is 8.64. The van der Waals surface area contributed by atoms with Crippen LogP contribution in [0.15, 0.2) is 29.9 Å². The average Bonchev–Trinajstić information content (AvgIpc) is 2.69. The molecule has 1 fully saturated rings. The van der Waals surface area contributed by atoms with Gasteiger partial charge in [0.05, 0.1) is 14.2 Å². The number of aromatic hydroxyl groups is 1. The van der Waals surface area contributed by atoms with Crippen LogP contribution in [0.3, 0.4) is 0 Å². The highest BCUT2D eigenvalue weighted by Crippen LogP contribution is 2.56. The minimum absolute atomic E-state index is 0.0408. The van der Waals surface area contributed by atoms with Gasteiger partial charge in [-0.1, -0.05) is 6.08 Å². The number of aryl methyl sites for hydroxylation is 1. The van der Waals surface area contributed by atoms with Crippen molar-refractivity contribution in [1.82, 2.24) is 4.90 Å². The zero-order chi connectivity index (χ0) is 17.8. The van der Waals surface area contributed by atoms with Crippen LogP contribution in [0.1, 0.15) is 24.0 Å². The molecule has 1 N–H and O–H groups in total. The molecule has 1 heterocycles. The lowest BCUT2D eigenvalue weighted by atomic mass is 9.64. The summed E-state index contributed by atoms with van der Waals surface area (Å²) in [5.74, 6) is 1.07. The number of carbonyl (C=O) groups excluding carboxylic acids is 1. The monoisotopic (exact) mass is 341 g/mol. The van der Waals surface area contributed by atoms with Crippen molar-refractivity contribution in [2.24, 2.45) is 0 Å². The number of ketones is 1. The topological polar surface area (TPSA) is 59.0 Å². The van der Waals surface area contributed by atoms with Crippen LogP contribution in [-0.4, -0.2) is 49.6 Å². The maximum absolute atomic E-state index is 12.1. The fourth-order valence-electron chi connectivity index (χ4n) is 4.80. The summed E-state index contributed by atoms with van der Waals surface area (Å²) in [7, 11) is 5.25. The van der Waals surface area contributed by atoms with E-state index in [0.29, 0.717) is 11.5 Å². The van der Waals surface area contributed by atoms with E-state index < -0.39 is 0 Å². The summed E-state index contributed by atoms with van der Waals surface area (Å²) < 4.78 is 11.1. The van der Waals surface area contributed by atoms with Gasteiger partial charge >= 0.3 is 0 Å². The highest BCUT2D eigenvalue weighted by molar-refractivity contribution is 6.02. The maximum atomic E-state index is 12.1. The van der Waals surface area contributed by atoms with Crippen molar-refractivity contribution in [3.05, 3.63) is 41.0 Å². The molecular weight excluding hydrogens is 318 g/mol. The Morgan fingerprint density at radius 1 is 1.28 bits per heavy atom. The number of likely N-dealkylation sites (N-methyl/N-ethyl adjacent to an activating group) is 1. The molecule has 4 rings (SSSR count). The number of fused-ring (bicyclic) bond motifs is 1. The number of benzene rings is 1. The molecule has 132 valence electrons. The third-order valence-corrected chi connectivity index (χ3v) is 5.93. The van der Waals surface area contributed by atoms with Gasteiger partial charge in [-0.15, -0.1) is 0 Å². The molecule has 0 spiro atoms. The first kappa shape index (κ1) is 16.2. The number of nitrogens with zero attached hydrogens (tertiary/aromatic N) is 1. The fourth-order valence-corrected chi connectivity index (χ4v) is 4.80. The molecule has 2 atom stereocenters. The Hall–Kier alpha value is -2.27. The van der Waals surface area contributed by atoms with Crippen molar-refractivity contribution in [3.8, 4) is 17.2 Å². The molecule has 2 aliphatic carbocycles. The lowest BCUT2D eigenvalue weighted by molar-refractivity contribution is -0.110. The molecule has 25 heavy (non-hydrogen) atoms. The summed E-state index contributed by atoms with van der Waals surface area (Å²) in [5, 5.41) is 10.4. The Morgan fingerprint density at radius 2 is 2.04 bits per heavy atom. The molecule has 0 aromatic heterocycles. The van der Waals surface area contributed by atoms with Crippen LogP contribution in [0.25, 0.3) is 0 Å². The molecule has 1 aromatic rings. The summed E-state index contributed by atoms with van der Waals surface area (Å²) in [6, 6.07) is 2.02. The van der Waals surface area contributed by atoms with Crippen LogP contribution in [0.4, 0.5) is 0 Å². The van der Waals surface area contributed by atoms with E-state index >= 15 is 0 Å². The van der Waals surface area contributed by atoms with E-state index in [4.69, 9.17) is 9.47 Å². The minimum atomic E-state index is -0.372. The molecule has 0 amide bonds. The quantitative estimate of drug-likeness (QED) is 0.895. The standard InChI is InChI=1S/C20H23NO4/c1-21-9-8-20-7-6-13(22)11-14(20)15(21)5-4-12-10-16(23)18(24-2)19(25-3)17(12)20/h6-7,10-11,15,23H,4-5,8-9H2,1-3H3. The SMILES string of the molecule is COc1c(O)cc2c(c1OC)C13C=CC(=O)C=C1C(CC2)N(C)CC3. The van der Waals surface area contributed by atoms with Crippen LogP contribution in [0.2, 0.25) is 0 Å². The van der Waals surface area contributed by atoms with E-state index in [1.807, 2.05) is 6.08 Å². The average molecular weight is 341 g/mol. The summed E-state index contributed by atoms with van der Waals surface area (Å²) in [5.41, 5.74) is 2.87. The van der Waals surface area contributed by atoms with Crippen molar-refractivity contribution in [2.75, 3.05) is 27.8 Å². The lowest BCUT2D eigenvalue weighted by Gasteiger charge is -2.47. The van der Waals surface area contributed by atoms with Gasteiger partial charge in [0.2, 0.25) is 5.75 Å². The number of phenols is 1. The number of rotatable bonds is 2. The third kappa shape index (κ3) is 2.15. The first-order chi connectivity index (χ1) is 12.0. The van der Waals surface area contributed by atoms with Gasteiger partial charge in [-0.05, 0) is 62.2 Å². The maximum Gasteiger partial charge on any atom is 0.203 e. The summed E-state index contributed by atoms with van der Waals surface area (Å²) >= 11 is 0. The second-order valence-electron chi connectivity index (χ2n) is 7.09. The third-order valence-electron chi connectivity index (χ3n) is 5.93. The lowest BCUT2D eigenvalue weighted by Crippen LogP contribution is -2.49. The van der Waals surface area contributed by atoms with Gasteiger partial charge in [0.15, 0.2) is 17.3 Å². The van der Waals surface area contributed by atoms with Crippen molar-refractivity contribution in [1.29, 1.82) is 0 Å². The molecule has 1 aromatic carbocycles. The molecule has 2 bridgehead atoms. The van der Waals surface area contributed by atoms with Crippen LogP contribution < -0.4 is 9.47 Å². The van der Waals surface area contributed by atoms with E-state index in [9.17, 15) is 9.90 Å². The number of ether oxygens (including phenoxy) is 2. The number of allylic oxidation sites excluding steroid dienone is 3. The number of hydrogen-bond acceptors (Lipinski definition) is 5. The van der Waals surface area contributed by atoms with E-state index in [2.05, 4.69) is 11.9 Å². The molecule has 3 aliphatic rings. The largest absolute Gasteiger partial charge is 0.504 e. The Kier molecular flexibility index (Phi) is 3.65. The number of phenolic OH excluding ortho intramolecular Hbond substituents is 1. The number of likely N-dealkylation sites (tertiary alicyclic amines) is 1. The molecule has 0 saturated carbocycles. The minimum Gasteiger partial charge on any atom is -0.504 e. The second kappa shape index (κ2) is 5.63. The van der Waals surface area contributed by atoms with Crippen molar-refractivity contribution in [3.63, 3.8) is 0 Å². The van der Waals surface area contributed by atoms with Crippen LogP contribution >= 0.6 is 0 Å². The van der Waals surface area contributed by atoms with E-state index in [-0.39, 0.29) is 23.0 Å². The predicted octanol–water partition coefficient (Wildman–Crippen LogP) is 2.36. The Labute approximate surface area is 147 Å². The molecule has 5 nitrogen and oxygen atoms in total. The number of piperidine rings is 1. The summed E-state index contributed by atoms with van der Waals surface area (Å²) in [4.78, 5) is 14.5. The van der Waals surface area contributed by atoms with Gasteiger partial charge in [0.25, 0.3) is 0 Å². The van der Waals surface area contributed by atoms with Gasteiger partial charge < -0.3 is 14.6 Å². The summed E-state index contributed by atoms with van der Waals surface area (Å²) in [6.07, 6.45) is 8.10. The van der Waals surface area contributed by atoms with Crippen molar-refractivity contribution in [2.45, 2.75) is 30.7 Å². The highest BCUT2D eigenvalue weighted by atomic mass is 16.5. The van der Waals surface area contributed by atoms with E-state index in [1.165, 1.54) is 7.11 Å². The molecule has 2 unspecified atom stereocenters. The zero-order valence-electron chi connectivity index (χ0n) is 14.8.